The summed E-state index contributed by atoms with van der Waals surface area (Å²) in [5.41, 5.74) is 5.98. The Morgan fingerprint density at radius 1 is 1.71 bits per heavy atom. The van der Waals surface area contributed by atoms with E-state index in [9.17, 15) is 0 Å². The maximum absolute atomic E-state index is 5.98. The molecule has 0 spiro atoms. The summed E-state index contributed by atoms with van der Waals surface area (Å²) in [7, 11) is 0. The van der Waals surface area contributed by atoms with Gasteiger partial charge in [0.2, 0.25) is 4.96 Å². The lowest BCUT2D eigenvalue weighted by atomic mass is 10.2. The Morgan fingerprint density at radius 3 is 3.29 bits per heavy atom. The molecule has 0 amide bonds. The molecule has 1 atom stereocenters. The van der Waals surface area contributed by atoms with Gasteiger partial charge in [0.05, 0.1) is 6.04 Å². The third-order valence-electron chi connectivity index (χ3n) is 1.85. The Morgan fingerprint density at radius 2 is 2.57 bits per heavy atom. The summed E-state index contributed by atoms with van der Waals surface area (Å²) in [6.45, 7) is 0. The van der Waals surface area contributed by atoms with Gasteiger partial charge in [0, 0.05) is 0 Å². The molecule has 0 saturated heterocycles. The number of rotatable bonds is 4. The Balaban J connectivity index is 2.13. The SMILES string of the molecule is CSCCC(N)c1nn2cnnc2s1. The third-order valence-corrected chi connectivity index (χ3v) is 3.54. The van der Waals surface area contributed by atoms with Crippen LogP contribution < -0.4 is 5.73 Å². The van der Waals surface area contributed by atoms with Crippen LogP contribution >= 0.6 is 23.1 Å². The van der Waals surface area contributed by atoms with Crippen molar-refractivity contribution in [3.63, 3.8) is 0 Å². The van der Waals surface area contributed by atoms with Crippen LogP contribution in [0.1, 0.15) is 17.5 Å². The van der Waals surface area contributed by atoms with Gasteiger partial charge in [-0.15, -0.1) is 10.2 Å². The largest absolute Gasteiger partial charge is 0.322 e. The fraction of sp³-hybridized carbons (Fsp3) is 0.571. The molecule has 5 nitrogen and oxygen atoms in total. The molecular formula is C7H11N5S2. The van der Waals surface area contributed by atoms with Gasteiger partial charge in [-0.3, -0.25) is 0 Å². The smallest absolute Gasteiger partial charge is 0.234 e. The fourth-order valence-corrected chi connectivity index (χ4v) is 2.44. The first-order valence-corrected chi connectivity index (χ1v) is 6.43. The van der Waals surface area contributed by atoms with Crippen LogP contribution in [0, 0.1) is 0 Å². The summed E-state index contributed by atoms with van der Waals surface area (Å²) in [4.78, 5) is 0.805. The minimum Gasteiger partial charge on any atom is -0.322 e. The van der Waals surface area contributed by atoms with Crippen LogP contribution in [-0.2, 0) is 0 Å². The van der Waals surface area contributed by atoms with Gasteiger partial charge in [0.25, 0.3) is 0 Å². The number of thioether (sulfide) groups is 1. The molecule has 0 radical (unpaired) electrons. The van der Waals surface area contributed by atoms with E-state index in [0.29, 0.717) is 0 Å². The number of nitrogens with zero attached hydrogens (tertiary/aromatic N) is 4. The van der Waals surface area contributed by atoms with Gasteiger partial charge in [-0.25, -0.2) is 0 Å². The van der Waals surface area contributed by atoms with Crippen molar-refractivity contribution in [2.24, 2.45) is 5.73 Å². The zero-order valence-corrected chi connectivity index (χ0v) is 9.38. The first-order valence-electron chi connectivity index (χ1n) is 4.22. The van der Waals surface area contributed by atoms with E-state index in [1.807, 2.05) is 0 Å². The van der Waals surface area contributed by atoms with Crippen LogP contribution in [0.3, 0.4) is 0 Å². The number of fused-ring (bicyclic) bond motifs is 1. The molecule has 14 heavy (non-hydrogen) atoms. The lowest BCUT2D eigenvalue weighted by Crippen LogP contribution is -2.11. The highest BCUT2D eigenvalue weighted by Crippen LogP contribution is 2.20. The quantitative estimate of drug-likeness (QED) is 0.845. The molecule has 0 aromatic carbocycles. The summed E-state index contributed by atoms with van der Waals surface area (Å²) < 4.78 is 1.67. The first-order chi connectivity index (χ1) is 6.81. The van der Waals surface area contributed by atoms with Crippen LogP contribution in [0.5, 0.6) is 0 Å². The Hall–Kier alpha value is -0.660. The molecule has 7 heteroatoms. The van der Waals surface area contributed by atoms with Gasteiger partial charge < -0.3 is 5.73 Å². The monoisotopic (exact) mass is 229 g/mol. The summed E-state index contributed by atoms with van der Waals surface area (Å²) in [6.07, 6.45) is 4.62. The minimum atomic E-state index is 0.0224. The van der Waals surface area contributed by atoms with Crippen molar-refractivity contribution < 1.29 is 0 Å². The molecule has 0 fully saturated rings. The molecule has 2 N–H and O–H groups in total. The van der Waals surface area contributed by atoms with E-state index < -0.39 is 0 Å². The van der Waals surface area contributed by atoms with Gasteiger partial charge in [-0.2, -0.15) is 21.4 Å². The summed E-state index contributed by atoms with van der Waals surface area (Å²) in [5.74, 6) is 1.06. The second kappa shape index (κ2) is 4.24. The van der Waals surface area contributed by atoms with Crippen LogP contribution in [0.15, 0.2) is 6.33 Å². The Labute approximate surface area is 89.7 Å². The van der Waals surface area contributed by atoms with Crippen molar-refractivity contribution >= 4 is 28.1 Å². The van der Waals surface area contributed by atoms with E-state index in [1.165, 1.54) is 11.3 Å². The van der Waals surface area contributed by atoms with E-state index in [1.54, 1.807) is 22.6 Å². The van der Waals surface area contributed by atoms with Crippen molar-refractivity contribution in [3.8, 4) is 0 Å². The first kappa shape index (κ1) is 9.88. The second-order valence-corrected chi connectivity index (χ2v) is 4.86. The van der Waals surface area contributed by atoms with Crippen molar-refractivity contribution in [2.75, 3.05) is 12.0 Å². The molecule has 0 aliphatic carbocycles. The molecule has 76 valence electrons. The van der Waals surface area contributed by atoms with Crippen molar-refractivity contribution in [1.29, 1.82) is 0 Å². The van der Waals surface area contributed by atoms with E-state index in [2.05, 4.69) is 21.6 Å². The summed E-state index contributed by atoms with van der Waals surface area (Å²) >= 11 is 3.30. The van der Waals surface area contributed by atoms with Gasteiger partial charge in [0.15, 0.2) is 0 Å². The van der Waals surface area contributed by atoms with E-state index in [0.717, 1.165) is 22.1 Å². The lowest BCUT2D eigenvalue weighted by molar-refractivity contribution is 0.681. The lowest BCUT2D eigenvalue weighted by Gasteiger charge is -2.04. The van der Waals surface area contributed by atoms with Crippen LogP contribution in [0.2, 0.25) is 0 Å². The molecule has 0 aliphatic heterocycles. The van der Waals surface area contributed by atoms with Gasteiger partial charge in [-0.1, -0.05) is 11.3 Å². The highest BCUT2D eigenvalue weighted by molar-refractivity contribution is 7.98. The van der Waals surface area contributed by atoms with Crippen LogP contribution in [-0.4, -0.2) is 31.8 Å². The topological polar surface area (TPSA) is 69.1 Å². The summed E-state index contributed by atoms with van der Waals surface area (Å²) in [5, 5.41) is 12.9. The summed E-state index contributed by atoms with van der Waals surface area (Å²) in [6, 6.07) is 0.0224. The van der Waals surface area contributed by atoms with Gasteiger partial charge >= 0.3 is 0 Å². The molecule has 2 heterocycles. The van der Waals surface area contributed by atoms with Gasteiger partial charge in [0.1, 0.15) is 11.3 Å². The van der Waals surface area contributed by atoms with Crippen molar-refractivity contribution in [3.05, 3.63) is 11.3 Å². The number of hydrogen-bond donors (Lipinski definition) is 1. The van der Waals surface area contributed by atoms with Crippen molar-refractivity contribution in [2.45, 2.75) is 12.5 Å². The Bertz CT molecular complexity index is 380. The Kier molecular flexibility index (Phi) is 2.99. The molecule has 2 aromatic heterocycles. The van der Waals surface area contributed by atoms with Crippen molar-refractivity contribution in [1.82, 2.24) is 19.8 Å². The standard InChI is InChI=1S/C7H11N5S2/c1-13-3-2-5(8)6-11-12-4-9-10-7(12)14-6/h4-5H,2-3,8H2,1H3. The average molecular weight is 229 g/mol. The second-order valence-electron chi connectivity index (χ2n) is 2.89. The predicted molar refractivity (Wildman–Crippen MR) is 58.6 cm³/mol. The third kappa shape index (κ3) is 1.89. The maximum atomic E-state index is 5.98. The zero-order valence-electron chi connectivity index (χ0n) is 7.75. The fourth-order valence-electron chi connectivity index (χ4n) is 1.09. The van der Waals surface area contributed by atoms with Gasteiger partial charge in [-0.05, 0) is 18.4 Å². The van der Waals surface area contributed by atoms with Crippen LogP contribution in [0.4, 0.5) is 0 Å². The zero-order chi connectivity index (χ0) is 9.97. The molecule has 1 unspecified atom stereocenters. The normalized spacial score (nSPS) is 13.6. The maximum Gasteiger partial charge on any atom is 0.234 e. The molecule has 0 bridgehead atoms. The van der Waals surface area contributed by atoms with E-state index >= 15 is 0 Å². The van der Waals surface area contributed by atoms with Crippen LogP contribution in [0.25, 0.3) is 4.96 Å². The average Bonchev–Trinajstić information content (AvgIpc) is 2.72. The predicted octanol–water partition coefficient (Wildman–Crippen LogP) is 0.939. The highest BCUT2D eigenvalue weighted by Gasteiger charge is 2.12. The molecule has 2 aromatic rings. The van der Waals surface area contributed by atoms with E-state index in [4.69, 9.17) is 5.73 Å². The minimum absolute atomic E-state index is 0.0224. The van der Waals surface area contributed by atoms with E-state index in [-0.39, 0.29) is 6.04 Å². The number of nitrogens with two attached hydrogens (primary N) is 1. The number of hydrogen-bond acceptors (Lipinski definition) is 6. The molecular weight excluding hydrogens is 218 g/mol. The molecule has 2 rings (SSSR count). The molecule has 0 aliphatic rings. The highest BCUT2D eigenvalue weighted by atomic mass is 32.2. The number of aromatic nitrogens is 4. The molecule has 0 saturated carbocycles.